The predicted octanol–water partition coefficient (Wildman–Crippen LogP) is 4.70. The number of rotatable bonds is 2. The maximum absolute atomic E-state index is 12.7. The van der Waals surface area contributed by atoms with Crippen LogP contribution in [-0.2, 0) is 6.42 Å². The molecule has 0 fully saturated rings. The van der Waals surface area contributed by atoms with E-state index in [1.807, 2.05) is 78.9 Å². The normalized spacial score (nSPS) is 15.1. The van der Waals surface area contributed by atoms with Crippen LogP contribution in [0.1, 0.15) is 27.9 Å². The van der Waals surface area contributed by atoms with Crippen LogP contribution in [0.3, 0.4) is 0 Å². The molecular formula is C22H19N3O. The van der Waals surface area contributed by atoms with E-state index in [2.05, 4.69) is 15.8 Å². The molecule has 1 heterocycles. The third kappa shape index (κ3) is 3.35. The van der Waals surface area contributed by atoms with Crippen LogP contribution in [0.15, 0.2) is 84.0 Å². The highest BCUT2D eigenvalue weighted by Crippen LogP contribution is 2.24. The first-order valence-electron chi connectivity index (χ1n) is 8.67. The summed E-state index contributed by atoms with van der Waals surface area (Å²) < 4.78 is 0. The Bertz CT molecular complexity index is 964. The summed E-state index contributed by atoms with van der Waals surface area (Å²) >= 11 is 0. The number of benzene rings is 3. The number of carbonyl (C=O) groups excluding carboxylic acids is 1. The van der Waals surface area contributed by atoms with Crippen molar-refractivity contribution in [1.29, 1.82) is 0 Å². The number of amides is 1. The van der Waals surface area contributed by atoms with Crippen LogP contribution in [0.5, 0.6) is 0 Å². The SMILES string of the molecule is O=C1Nc2ccccc2/C(=N\Nc2ccccc2)CCc2ccccc21. The summed E-state index contributed by atoms with van der Waals surface area (Å²) in [5.74, 6) is -0.0784. The van der Waals surface area contributed by atoms with E-state index >= 15 is 0 Å². The first-order valence-corrected chi connectivity index (χ1v) is 8.67. The minimum atomic E-state index is -0.0784. The molecule has 2 N–H and O–H groups in total. The molecule has 4 heteroatoms. The number of anilines is 2. The molecule has 1 amide bonds. The molecule has 128 valence electrons. The third-order valence-corrected chi connectivity index (χ3v) is 4.47. The van der Waals surface area contributed by atoms with Crippen LogP contribution in [0.25, 0.3) is 0 Å². The monoisotopic (exact) mass is 341 g/mol. The number of para-hydroxylation sites is 2. The van der Waals surface area contributed by atoms with Crippen molar-refractivity contribution in [3.8, 4) is 0 Å². The van der Waals surface area contributed by atoms with Gasteiger partial charge in [-0.3, -0.25) is 10.2 Å². The number of nitrogens with zero attached hydrogens (tertiary/aromatic N) is 1. The Kier molecular flexibility index (Phi) is 4.48. The lowest BCUT2D eigenvalue weighted by Gasteiger charge is -2.11. The second-order valence-electron chi connectivity index (χ2n) is 6.19. The number of hydrazone groups is 1. The lowest BCUT2D eigenvalue weighted by Crippen LogP contribution is -2.14. The quantitative estimate of drug-likeness (QED) is 0.664. The molecule has 4 nitrogen and oxygen atoms in total. The average molecular weight is 341 g/mol. The second-order valence-corrected chi connectivity index (χ2v) is 6.19. The van der Waals surface area contributed by atoms with Crippen molar-refractivity contribution in [2.24, 2.45) is 5.10 Å². The molecule has 0 atom stereocenters. The molecule has 4 rings (SSSR count). The molecule has 0 aliphatic carbocycles. The van der Waals surface area contributed by atoms with Crippen LogP contribution in [-0.4, -0.2) is 11.6 Å². The van der Waals surface area contributed by atoms with E-state index in [4.69, 9.17) is 0 Å². The van der Waals surface area contributed by atoms with Crippen molar-refractivity contribution in [2.45, 2.75) is 12.8 Å². The van der Waals surface area contributed by atoms with Gasteiger partial charge >= 0.3 is 0 Å². The Morgan fingerprint density at radius 3 is 2.31 bits per heavy atom. The van der Waals surface area contributed by atoms with Gasteiger partial charge in [0.1, 0.15) is 0 Å². The number of carbonyl (C=O) groups is 1. The van der Waals surface area contributed by atoms with Crippen LogP contribution >= 0.6 is 0 Å². The van der Waals surface area contributed by atoms with Crippen molar-refractivity contribution in [3.05, 3.63) is 95.6 Å². The van der Waals surface area contributed by atoms with Crippen molar-refractivity contribution in [1.82, 2.24) is 0 Å². The van der Waals surface area contributed by atoms with E-state index in [0.717, 1.165) is 46.6 Å². The van der Waals surface area contributed by atoms with Gasteiger partial charge in [-0.25, -0.2) is 0 Å². The molecular weight excluding hydrogens is 322 g/mol. The number of hydrogen-bond donors (Lipinski definition) is 2. The Hall–Kier alpha value is -3.40. The van der Waals surface area contributed by atoms with Crippen molar-refractivity contribution < 1.29 is 4.79 Å². The number of aryl methyl sites for hydroxylation is 1. The van der Waals surface area contributed by atoms with Gasteiger partial charge in [0.25, 0.3) is 5.91 Å². The predicted molar refractivity (Wildman–Crippen MR) is 106 cm³/mol. The van der Waals surface area contributed by atoms with E-state index in [1.165, 1.54) is 0 Å². The van der Waals surface area contributed by atoms with Gasteiger partial charge < -0.3 is 5.32 Å². The highest BCUT2D eigenvalue weighted by Gasteiger charge is 2.18. The summed E-state index contributed by atoms with van der Waals surface area (Å²) in [5, 5.41) is 7.69. The van der Waals surface area contributed by atoms with E-state index in [0.29, 0.717) is 0 Å². The highest BCUT2D eigenvalue weighted by molar-refractivity contribution is 6.12. The molecule has 0 radical (unpaired) electrons. The van der Waals surface area contributed by atoms with E-state index < -0.39 is 0 Å². The first kappa shape index (κ1) is 16.1. The molecule has 0 saturated carbocycles. The fourth-order valence-corrected chi connectivity index (χ4v) is 3.14. The Morgan fingerprint density at radius 2 is 1.46 bits per heavy atom. The molecule has 1 aliphatic rings. The van der Waals surface area contributed by atoms with Crippen molar-refractivity contribution >= 4 is 23.0 Å². The molecule has 1 aliphatic heterocycles. The molecule has 3 aromatic carbocycles. The zero-order chi connectivity index (χ0) is 17.8. The van der Waals surface area contributed by atoms with E-state index in [9.17, 15) is 4.79 Å². The van der Waals surface area contributed by atoms with Crippen LogP contribution in [0.2, 0.25) is 0 Å². The van der Waals surface area contributed by atoms with Gasteiger partial charge in [0, 0.05) is 11.1 Å². The lowest BCUT2D eigenvalue weighted by atomic mass is 9.99. The van der Waals surface area contributed by atoms with Crippen molar-refractivity contribution in [3.63, 3.8) is 0 Å². The Labute approximate surface area is 152 Å². The van der Waals surface area contributed by atoms with Gasteiger partial charge in [0.15, 0.2) is 0 Å². The number of nitrogens with one attached hydrogen (secondary N) is 2. The first-order chi connectivity index (χ1) is 12.8. The minimum Gasteiger partial charge on any atom is -0.321 e. The zero-order valence-electron chi connectivity index (χ0n) is 14.3. The average Bonchev–Trinajstić information content (AvgIpc) is 2.75. The van der Waals surface area contributed by atoms with Crippen molar-refractivity contribution in [2.75, 3.05) is 10.7 Å². The van der Waals surface area contributed by atoms with Gasteiger partial charge in [0.05, 0.1) is 17.1 Å². The molecule has 0 unspecified atom stereocenters. The number of fused-ring (bicyclic) bond motifs is 2. The van der Waals surface area contributed by atoms with Gasteiger partial charge in [-0.2, -0.15) is 5.10 Å². The van der Waals surface area contributed by atoms with Gasteiger partial charge in [-0.05, 0) is 42.7 Å². The van der Waals surface area contributed by atoms with Crippen LogP contribution < -0.4 is 10.7 Å². The Balaban J connectivity index is 1.74. The van der Waals surface area contributed by atoms with Gasteiger partial charge in [-0.15, -0.1) is 0 Å². The summed E-state index contributed by atoms with van der Waals surface area (Å²) in [5.41, 5.74) is 8.46. The molecule has 26 heavy (non-hydrogen) atoms. The van der Waals surface area contributed by atoms with E-state index in [1.54, 1.807) is 0 Å². The fourth-order valence-electron chi connectivity index (χ4n) is 3.14. The molecule has 0 spiro atoms. The summed E-state index contributed by atoms with van der Waals surface area (Å²) in [6.07, 6.45) is 1.50. The lowest BCUT2D eigenvalue weighted by molar-refractivity contribution is 0.102. The summed E-state index contributed by atoms with van der Waals surface area (Å²) in [6, 6.07) is 25.4. The molecule has 3 aromatic rings. The summed E-state index contributed by atoms with van der Waals surface area (Å²) in [6.45, 7) is 0. The van der Waals surface area contributed by atoms with E-state index in [-0.39, 0.29) is 5.91 Å². The smallest absolute Gasteiger partial charge is 0.255 e. The van der Waals surface area contributed by atoms with Gasteiger partial charge in [-0.1, -0.05) is 54.6 Å². The standard InChI is InChI=1S/C22H19N3O/c26-22-18-11-5-4-8-16(18)14-15-21(19-12-6-7-13-20(19)23-22)25-24-17-9-2-1-3-10-17/h1-13,24H,14-15H2,(H,23,26)/b25-21-. The molecule has 0 bridgehead atoms. The molecule has 0 aromatic heterocycles. The maximum atomic E-state index is 12.7. The topological polar surface area (TPSA) is 53.5 Å². The van der Waals surface area contributed by atoms with Gasteiger partial charge in [0.2, 0.25) is 0 Å². The molecule has 0 saturated heterocycles. The number of hydrogen-bond acceptors (Lipinski definition) is 3. The fraction of sp³-hybridized carbons (Fsp3) is 0.0909. The Morgan fingerprint density at radius 1 is 0.769 bits per heavy atom. The maximum Gasteiger partial charge on any atom is 0.255 e. The second kappa shape index (κ2) is 7.23. The van der Waals surface area contributed by atoms with Crippen LogP contribution in [0, 0.1) is 0 Å². The zero-order valence-corrected chi connectivity index (χ0v) is 14.3. The largest absolute Gasteiger partial charge is 0.321 e. The minimum absolute atomic E-state index is 0.0784. The van der Waals surface area contributed by atoms with Crippen LogP contribution in [0.4, 0.5) is 11.4 Å². The third-order valence-electron chi connectivity index (χ3n) is 4.47. The summed E-state index contributed by atoms with van der Waals surface area (Å²) in [7, 11) is 0. The summed E-state index contributed by atoms with van der Waals surface area (Å²) in [4.78, 5) is 12.7. The highest BCUT2D eigenvalue weighted by atomic mass is 16.1.